The number of pyridine rings is 1. The molecule has 4 nitrogen and oxygen atoms in total. The maximum atomic E-state index is 10.7. The predicted octanol–water partition coefficient (Wildman–Crippen LogP) is 3.27. The van der Waals surface area contributed by atoms with E-state index in [4.69, 9.17) is 9.84 Å². The second-order valence-corrected chi connectivity index (χ2v) is 5.15. The largest absolute Gasteiger partial charge is 0.478 e. The quantitative estimate of drug-likeness (QED) is 0.885. The van der Waals surface area contributed by atoms with Crippen LogP contribution in [0.4, 0.5) is 0 Å². The zero-order valence-corrected chi connectivity index (χ0v) is 11.3. The van der Waals surface area contributed by atoms with E-state index in [0.29, 0.717) is 18.6 Å². The standard InChI is InChI=1S/C15H21NO3/c1-2-11-5-3-4-6-14(11)19-10-13-8-7-12(9-16-13)15(17)18/h7-9,11,14H,2-6,10H2,1H3,(H,17,18). The van der Waals surface area contributed by atoms with Crippen molar-refractivity contribution in [3.63, 3.8) is 0 Å². The molecule has 1 heterocycles. The van der Waals surface area contributed by atoms with Crippen LogP contribution >= 0.6 is 0 Å². The Kier molecular flexibility index (Phi) is 4.91. The molecule has 0 saturated heterocycles. The average molecular weight is 263 g/mol. The second-order valence-electron chi connectivity index (χ2n) is 5.15. The van der Waals surface area contributed by atoms with Crippen LogP contribution in [0.5, 0.6) is 0 Å². The molecule has 0 aromatic carbocycles. The summed E-state index contributed by atoms with van der Waals surface area (Å²) in [5.41, 5.74) is 1.01. The third-order valence-electron chi connectivity index (χ3n) is 3.88. The van der Waals surface area contributed by atoms with E-state index in [-0.39, 0.29) is 5.56 Å². The number of ether oxygens (including phenoxy) is 1. The molecule has 1 N–H and O–H groups in total. The van der Waals surface area contributed by atoms with Crippen LogP contribution in [0.2, 0.25) is 0 Å². The SMILES string of the molecule is CCC1CCCCC1OCc1ccc(C(=O)O)cn1. The molecule has 0 bridgehead atoms. The van der Waals surface area contributed by atoms with Crippen molar-refractivity contribution in [3.05, 3.63) is 29.6 Å². The van der Waals surface area contributed by atoms with Gasteiger partial charge in [0.2, 0.25) is 0 Å². The van der Waals surface area contributed by atoms with E-state index in [1.54, 1.807) is 12.1 Å². The first kappa shape index (κ1) is 14.0. The molecule has 1 fully saturated rings. The minimum atomic E-state index is -0.946. The number of carboxylic acids is 1. The van der Waals surface area contributed by atoms with Gasteiger partial charge in [0.1, 0.15) is 0 Å². The molecule has 0 amide bonds. The molecule has 2 rings (SSSR count). The van der Waals surface area contributed by atoms with Crippen molar-refractivity contribution in [2.45, 2.75) is 51.7 Å². The summed E-state index contributed by atoms with van der Waals surface area (Å²) < 4.78 is 5.96. The molecule has 0 radical (unpaired) electrons. The van der Waals surface area contributed by atoms with Crippen molar-refractivity contribution in [3.8, 4) is 0 Å². The van der Waals surface area contributed by atoms with E-state index in [1.165, 1.54) is 25.5 Å². The predicted molar refractivity (Wildman–Crippen MR) is 72.0 cm³/mol. The van der Waals surface area contributed by atoms with Crippen molar-refractivity contribution < 1.29 is 14.6 Å². The maximum Gasteiger partial charge on any atom is 0.337 e. The summed E-state index contributed by atoms with van der Waals surface area (Å²) in [6.07, 6.45) is 7.82. The summed E-state index contributed by atoms with van der Waals surface area (Å²) in [5.74, 6) is -0.287. The number of aromatic carboxylic acids is 1. The number of carboxylic acid groups (broad SMARTS) is 1. The van der Waals surface area contributed by atoms with E-state index in [1.807, 2.05) is 0 Å². The molecule has 19 heavy (non-hydrogen) atoms. The van der Waals surface area contributed by atoms with Gasteiger partial charge >= 0.3 is 5.97 Å². The zero-order chi connectivity index (χ0) is 13.7. The van der Waals surface area contributed by atoms with Gasteiger partial charge in [-0.25, -0.2) is 4.79 Å². The Morgan fingerprint density at radius 3 is 2.84 bits per heavy atom. The van der Waals surface area contributed by atoms with E-state index in [0.717, 1.165) is 18.5 Å². The Hall–Kier alpha value is -1.42. The fourth-order valence-corrected chi connectivity index (χ4v) is 2.69. The lowest BCUT2D eigenvalue weighted by molar-refractivity contribution is -0.0234. The highest BCUT2D eigenvalue weighted by Crippen LogP contribution is 2.29. The van der Waals surface area contributed by atoms with Gasteiger partial charge in [0.05, 0.1) is 24.0 Å². The van der Waals surface area contributed by atoms with Gasteiger partial charge in [-0.15, -0.1) is 0 Å². The molecular weight excluding hydrogens is 242 g/mol. The first-order valence-electron chi connectivity index (χ1n) is 7.00. The molecule has 1 aromatic heterocycles. The van der Waals surface area contributed by atoms with Gasteiger partial charge in [-0.2, -0.15) is 0 Å². The van der Waals surface area contributed by atoms with Crippen LogP contribution in [0.25, 0.3) is 0 Å². The van der Waals surface area contributed by atoms with E-state index >= 15 is 0 Å². The summed E-state index contributed by atoms with van der Waals surface area (Å²) in [6.45, 7) is 2.69. The number of rotatable bonds is 5. The van der Waals surface area contributed by atoms with Gasteiger partial charge in [-0.05, 0) is 30.9 Å². The van der Waals surface area contributed by atoms with Crippen molar-refractivity contribution in [1.29, 1.82) is 0 Å². The number of nitrogens with zero attached hydrogens (tertiary/aromatic N) is 1. The van der Waals surface area contributed by atoms with Crippen molar-refractivity contribution in [2.24, 2.45) is 5.92 Å². The molecule has 4 heteroatoms. The van der Waals surface area contributed by atoms with E-state index in [9.17, 15) is 4.79 Å². The maximum absolute atomic E-state index is 10.7. The Morgan fingerprint density at radius 1 is 1.42 bits per heavy atom. The molecule has 0 aliphatic heterocycles. The van der Waals surface area contributed by atoms with Gasteiger partial charge in [-0.3, -0.25) is 4.98 Å². The van der Waals surface area contributed by atoms with E-state index < -0.39 is 5.97 Å². The molecule has 2 unspecified atom stereocenters. The van der Waals surface area contributed by atoms with Crippen molar-refractivity contribution in [1.82, 2.24) is 4.98 Å². The molecule has 1 aliphatic rings. The summed E-state index contributed by atoms with van der Waals surface area (Å²) in [4.78, 5) is 14.9. The lowest BCUT2D eigenvalue weighted by Gasteiger charge is -2.30. The number of hydrogen-bond acceptors (Lipinski definition) is 3. The highest BCUT2D eigenvalue weighted by Gasteiger charge is 2.24. The fraction of sp³-hybridized carbons (Fsp3) is 0.600. The molecular formula is C15H21NO3. The molecule has 0 spiro atoms. The first-order chi connectivity index (χ1) is 9.20. The number of carbonyl (C=O) groups is 1. The zero-order valence-electron chi connectivity index (χ0n) is 11.3. The van der Waals surface area contributed by atoms with Gasteiger partial charge in [0.25, 0.3) is 0 Å². The van der Waals surface area contributed by atoms with Crippen LogP contribution in [0.1, 0.15) is 55.1 Å². The molecule has 2 atom stereocenters. The average Bonchev–Trinajstić information content (AvgIpc) is 2.45. The topological polar surface area (TPSA) is 59.4 Å². The lowest BCUT2D eigenvalue weighted by Crippen LogP contribution is -2.27. The molecule has 1 aromatic rings. The van der Waals surface area contributed by atoms with Crippen LogP contribution < -0.4 is 0 Å². The Labute approximate surface area is 113 Å². The third kappa shape index (κ3) is 3.77. The highest BCUT2D eigenvalue weighted by atomic mass is 16.5. The third-order valence-corrected chi connectivity index (χ3v) is 3.88. The normalized spacial score (nSPS) is 23.2. The monoisotopic (exact) mass is 263 g/mol. The van der Waals surface area contributed by atoms with Crippen LogP contribution in [-0.4, -0.2) is 22.2 Å². The minimum absolute atomic E-state index is 0.216. The summed E-state index contributed by atoms with van der Waals surface area (Å²) in [7, 11) is 0. The van der Waals surface area contributed by atoms with E-state index in [2.05, 4.69) is 11.9 Å². The molecule has 1 aliphatic carbocycles. The Balaban J connectivity index is 1.88. The summed E-state index contributed by atoms with van der Waals surface area (Å²) >= 11 is 0. The molecule has 104 valence electrons. The van der Waals surface area contributed by atoms with Crippen LogP contribution in [-0.2, 0) is 11.3 Å². The van der Waals surface area contributed by atoms with Crippen LogP contribution in [0.3, 0.4) is 0 Å². The Morgan fingerprint density at radius 2 is 2.21 bits per heavy atom. The van der Waals surface area contributed by atoms with Crippen LogP contribution in [0, 0.1) is 5.92 Å². The van der Waals surface area contributed by atoms with Gasteiger partial charge in [-0.1, -0.05) is 26.2 Å². The second kappa shape index (κ2) is 6.66. The minimum Gasteiger partial charge on any atom is -0.478 e. The molecule has 1 saturated carbocycles. The van der Waals surface area contributed by atoms with Gasteiger partial charge in [0.15, 0.2) is 0 Å². The van der Waals surface area contributed by atoms with Gasteiger partial charge < -0.3 is 9.84 Å². The highest BCUT2D eigenvalue weighted by molar-refractivity contribution is 5.87. The fourth-order valence-electron chi connectivity index (χ4n) is 2.69. The summed E-state index contributed by atoms with van der Waals surface area (Å²) in [5, 5.41) is 8.80. The van der Waals surface area contributed by atoms with Gasteiger partial charge in [0, 0.05) is 6.20 Å². The number of hydrogen-bond donors (Lipinski definition) is 1. The summed E-state index contributed by atoms with van der Waals surface area (Å²) in [6, 6.07) is 3.30. The van der Waals surface area contributed by atoms with Crippen LogP contribution in [0.15, 0.2) is 18.3 Å². The number of aromatic nitrogens is 1. The van der Waals surface area contributed by atoms with Crippen molar-refractivity contribution in [2.75, 3.05) is 0 Å². The van der Waals surface area contributed by atoms with Crippen molar-refractivity contribution >= 4 is 5.97 Å². The first-order valence-corrected chi connectivity index (χ1v) is 7.00. The lowest BCUT2D eigenvalue weighted by atomic mass is 9.85. The smallest absolute Gasteiger partial charge is 0.337 e. The Bertz CT molecular complexity index is 416.